The van der Waals surface area contributed by atoms with Crippen molar-refractivity contribution in [2.45, 2.75) is 49.6 Å². The highest BCUT2D eigenvalue weighted by Gasteiger charge is 2.54. The van der Waals surface area contributed by atoms with Gasteiger partial charge in [0.25, 0.3) is 5.91 Å². The van der Waals surface area contributed by atoms with Crippen LogP contribution in [0.5, 0.6) is 0 Å². The van der Waals surface area contributed by atoms with Gasteiger partial charge in [-0.3, -0.25) is 9.69 Å². The first-order valence-corrected chi connectivity index (χ1v) is 10.7. The molecule has 144 valence electrons. The van der Waals surface area contributed by atoms with Crippen LogP contribution in [-0.4, -0.2) is 57.4 Å². The van der Waals surface area contributed by atoms with E-state index in [9.17, 15) is 4.79 Å². The Hall–Kier alpha value is -2.27. The molecule has 2 bridgehead atoms. The zero-order valence-electron chi connectivity index (χ0n) is 16.1. The molecule has 2 aromatic rings. The molecule has 0 spiro atoms. The first-order valence-electron chi connectivity index (χ1n) is 10.7. The number of amides is 1. The summed E-state index contributed by atoms with van der Waals surface area (Å²) in [7, 11) is 0. The molecular formula is C23H26N4O. The predicted octanol–water partition coefficient (Wildman–Crippen LogP) is 3.06. The summed E-state index contributed by atoms with van der Waals surface area (Å²) in [5.74, 6) is 2.55. The number of benzene rings is 1. The Kier molecular flexibility index (Phi) is 3.80. The van der Waals surface area contributed by atoms with E-state index in [0.717, 1.165) is 12.4 Å². The first kappa shape index (κ1) is 16.7. The Morgan fingerprint density at radius 2 is 1.64 bits per heavy atom. The summed E-state index contributed by atoms with van der Waals surface area (Å²) >= 11 is 0. The van der Waals surface area contributed by atoms with Crippen molar-refractivity contribution in [3.8, 4) is 0 Å². The van der Waals surface area contributed by atoms with Crippen LogP contribution in [-0.2, 0) is 0 Å². The number of carbonyl (C=O) groups excluding carboxylic acids is 1. The molecule has 1 saturated carbocycles. The molecular weight excluding hydrogens is 348 g/mol. The summed E-state index contributed by atoms with van der Waals surface area (Å²) in [5.41, 5.74) is 2.01. The van der Waals surface area contributed by atoms with Gasteiger partial charge < -0.3 is 4.90 Å². The maximum absolute atomic E-state index is 13.5. The number of hydrogen-bond acceptors (Lipinski definition) is 4. The van der Waals surface area contributed by atoms with E-state index >= 15 is 0 Å². The van der Waals surface area contributed by atoms with E-state index in [1.807, 2.05) is 0 Å². The minimum atomic E-state index is 0.115. The second-order valence-corrected chi connectivity index (χ2v) is 8.93. The molecule has 5 fully saturated rings. The zero-order chi connectivity index (χ0) is 18.7. The topological polar surface area (TPSA) is 49.3 Å². The lowest BCUT2D eigenvalue weighted by Crippen LogP contribution is -2.60. The maximum Gasteiger partial charge on any atom is 0.257 e. The van der Waals surface area contributed by atoms with Crippen LogP contribution in [0.1, 0.15) is 59.3 Å². The van der Waals surface area contributed by atoms with Gasteiger partial charge in [0.1, 0.15) is 5.82 Å². The van der Waals surface area contributed by atoms with Gasteiger partial charge in [-0.1, -0.05) is 30.3 Å². The molecule has 28 heavy (non-hydrogen) atoms. The molecule has 0 N–H and O–H groups in total. The average Bonchev–Trinajstić information content (AvgIpc) is 3.54. The fraction of sp³-hybridized carbons (Fsp3) is 0.522. The van der Waals surface area contributed by atoms with E-state index in [2.05, 4.69) is 50.1 Å². The van der Waals surface area contributed by atoms with Crippen molar-refractivity contribution in [3.63, 3.8) is 0 Å². The average molecular weight is 374 g/mol. The lowest BCUT2D eigenvalue weighted by atomic mass is 9.75. The molecule has 0 unspecified atom stereocenters. The van der Waals surface area contributed by atoms with Gasteiger partial charge in [-0.05, 0) is 50.3 Å². The standard InChI is InChI=1S/C23H26N4O/c28-23(18-12-24-22(25-13-18)17-6-7-17)27-14-19(15-4-2-1-3-5-15)21-20(27)16-8-10-26(21)11-9-16/h1-5,12-13,16-17,19-21H,6-11,14H2/t19-,20+,21+/m1/s1. The van der Waals surface area contributed by atoms with Crippen LogP contribution in [0, 0.1) is 5.92 Å². The number of nitrogens with zero attached hydrogens (tertiary/aromatic N) is 4. The molecule has 3 atom stereocenters. The number of aromatic nitrogens is 2. The highest BCUT2D eigenvalue weighted by atomic mass is 16.2. The number of piperidine rings is 3. The van der Waals surface area contributed by atoms with Gasteiger partial charge in [-0.15, -0.1) is 0 Å². The van der Waals surface area contributed by atoms with E-state index in [1.165, 1.54) is 44.3 Å². The van der Waals surface area contributed by atoms with E-state index < -0.39 is 0 Å². The molecule has 1 aromatic carbocycles. The zero-order valence-corrected chi connectivity index (χ0v) is 16.1. The van der Waals surface area contributed by atoms with Crippen molar-refractivity contribution in [3.05, 3.63) is 59.7 Å². The Bertz CT molecular complexity index is 871. The SMILES string of the molecule is O=C(c1cnc(C2CC2)nc1)N1C[C@H](c2ccccc2)[C@H]2[C@@H]1C1CCN2CC1. The number of rotatable bonds is 3. The van der Waals surface area contributed by atoms with Gasteiger partial charge >= 0.3 is 0 Å². The van der Waals surface area contributed by atoms with Crippen LogP contribution in [0.25, 0.3) is 0 Å². The van der Waals surface area contributed by atoms with Crippen LogP contribution in [0.4, 0.5) is 0 Å². The molecule has 1 aromatic heterocycles. The fourth-order valence-corrected chi connectivity index (χ4v) is 5.81. The number of carbonyl (C=O) groups is 1. The lowest BCUT2D eigenvalue weighted by Gasteiger charge is -2.51. The van der Waals surface area contributed by atoms with Crippen molar-refractivity contribution < 1.29 is 4.79 Å². The maximum atomic E-state index is 13.5. The van der Waals surface area contributed by atoms with Crippen LogP contribution in [0.15, 0.2) is 42.7 Å². The molecule has 5 aliphatic rings. The second-order valence-electron chi connectivity index (χ2n) is 8.93. The van der Waals surface area contributed by atoms with E-state index in [4.69, 9.17) is 0 Å². The molecule has 1 amide bonds. The van der Waals surface area contributed by atoms with Gasteiger partial charge in [0.05, 0.1) is 11.6 Å². The quantitative estimate of drug-likeness (QED) is 0.829. The van der Waals surface area contributed by atoms with Crippen molar-refractivity contribution in [1.29, 1.82) is 0 Å². The van der Waals surface area contributed by atoms with Gasteiger partial charge in [-0.2, -0.15) is 0 Å². The highest BCUT2D eigenvalue weighted by Crippen LogP contribution is 2.47. The molecule has 4 saturated heterocycles. The summed E-state index contributed by atoms with van der Waals surface area (Å²) < 4.78 is 0. The summed E-state index contributed by atoms with van der Waals surface area (Å²) in [6.45, 7) is 3.16. The molecule has 5 nitrogen and oxygen atoms in total. The van der Waals surface area contributed by atoms with Crippen molar-refractivity contribution >= 4 is 5.91 Å². The fourth-order valence-electron chi connectivity index (χ4n) is 5.81. The summed E-state index contributed by atoms with van der Waals surface area (Å²) in [6, 6.07) is 11.5. The second kappa shape index (κ2) is 6.38. The normalized spacial score (nSPS) is 33.7. The van der Waals surface area contributed by atoms with Crippen LogP contribution in [0.3, 0.4) is 0 Å². The Balaban J connectivity index is 1.33. The Morgan fingerprint density at radius 3 is 2.32 bits per heavy atom. The third kappa shape index (κ3) is 2.60. The molecule has 5 heterocycles. The first-order chi connectivity index (χ1) is 13.8. The smallest absolute Gasteiger partial charge is 0.257 e. The predicted molar refractivity (Wildman–Crippen MR) is 106 cm³/mol. The largest absolute Gasteiger partial charge is 0.333 e. The number of hydrogen-bond donors (Lipinski definition) is 0. The third-order valence-electron chi connectivity index (χ3n) is 7.34. The minimum Gasteiger partial charge on any atom is -0.333 e. The Labute approximate surface area is 165 Å². The number of fused-ring (bicyclic) bond motifs is 2. The van der Waals surface area contributed by atoms with E-state index in [-0.39, 0.29) is 5.91 Å². The van der Waals surface area contributed by atoms with E-state index in [0.29, 0.717) is 35.4 Å². The van der Waals surface area contributed by atoms with Crippen molar-refractivity contribution in [1.82, 2.24) is 19.8 Å². The molecule has 5 heteroatoms. The van der Waals surface area contributed by atoms with Crippen LogP contribution >= 0.6 is 0 Å². The number of likely N-dealkylation sites (tertiary alicyclic amines) is 1. The summed E-state index contributed by atoms with van der Waals surface area (Å²) in [5, 5.41) is 0. The van der Waals surface area contributed by atoms with Gasteiger partial charge in [0, 0.05) is 36.8 Å². The molecule has 4 aliphatic heterocycles. The van der Waals surface area contributed by atoms with Crippen molar-refractivity contribution in [2.24, 2.45) is 5.92 Å². The van der Waals surface area contributed by atoms with E-state index in [1.54, 1.807) is 12.4 Å². The van der Waals surface area contributed by atoms with Gasteiger partial charge in [0.15, 0.2) is 0 Å². The molecule has 0 radical (unpaired) electrons. The lowest BCUT2D eigenvalue weighted by molar-refractivity contribution is -0.00343. The summed E-state index contributed by atoms with van der Waals surface area (Å²) in [6.07, 6.45) is 8.30. The van der Waals surface area contributed by atoms with Gasteiger partial charge in [-0.25, -0.2) is 9.97 Å². The molecule has 1 aliphatic carbocycles. The monoisotopic (exact) mass is 374 g/mol. The summed E-state index contributed by atoms with van der Waals surface area (Å²) in [4.78, 5) is 27.3. The Morgan fingerprint density at radius 1 is 0.929 bits per heavy atom. The highest BCUT2D eigenvalue weighted by molar-refractivity contribution is 5.94. The van der Waals surface area contributed by atoms with Gasteiger partial charge in [0.2, 0.25) is 0 Å². The third-order valence-corrected chi connectivity index (χ3v) is 7.34. The minimum absolute atomic E-state index is 0.115. The van der Waals surface area contributed by atoms with Crippen LogP contribution < -0.4 is 0 Å². The van der Waals surface area contributed by atoms with Crippen LogP contribution in [0.2, 0.25) is 0 Å². The van der Waals surface area contributed by atoms with Crippen molar-refractivity contribution in [2.75, 3.05) is 19.6 Å². The molecule has 7 rings (SSSR count).